The number of carbonyl (C=O) groups is 1. The van der Waals surface area contributed by atoms with E-state index in [9.17, 15) is 4.79 Å². The molecular weight excluding hydrogens is 228 g/mol. The molecule has 104 valence electrons. The van der Waals surface area contributed by atoms with Crippen molar-refractivity contribution in [3.63, 3.8) is 0 Å². The van der Waals surface area contributed by atoms with Crippen molar-refractivity contribution in [3.05, 3.63) is 0 Å². The van der Waals surface area contributed by atoms with E-state index in [1.165, 1.54) is 12.8 Å². The fourth-order valence-corrected chi connectivity index (χ4v) is 3.28. The lowest BCUT2D eigenvalue weighted by Crippen LogP contribution is -2.42. The van der Waals surface area contributed by atoms with E-state index in [-0.39, 0.29) is 12.5 Å². The molecule has 0 aromatic heterocycles. The molecule has 1 saturated carbocycles. The maximum absolute atomic E-state index is 12.4. The van der Waals surface area contributed by atoms with Crippen LogP contribution in [0.25, 0.3) is 0 Å². The summed E-state index contributed by atoms with van der Waals surface area (Å²) in [6.45, 7) is 2.70. The molecule has 0 unspecified atom stereocenters. The molecular formula is C14H26N2O2. The van der Waals surface area contributed by atoms with Gasteiger partial charge >= 0.3 is 0 Å². The van der Waals surface area contributed by atoms with Crippen molar-refractivity contribution in [3.8, 4) is 0 Å². The third kappa shape index (κ3) is 3.69. The third-order valence-electron chi connectivity index (χ3n) is 4.35. The summed E-state index contributed by atoms with van der Waals surface area (Å²) in [4.78, 5) is 14.3. The quantitative estimate of drug-likeness (QED) is 0.773. The van der Waals surface area contributed by atoms with E-state index in [1.54, 1.807) is 0 Å². The normalized spacial score (nSPS) is 22.3. The number of hydrogen-bond donors (Lipinski definition) is 2. The fourth-order valence-electron chi connectivity index (χ4n) is 3.28. The Morgan fingerprint density at radius 2 is 1.83 bits per heavy atom. The van der Waals surface area contributed by atoms with Gasteiger partial charge < -0.3 is 15.3 Å². The third-order valence-corrected chi connectivity index (χ3v) is 4.35. The average molecular weight is 254 g/mol. The van der Waals surface area contributed by atoms with Crippen LogP contribution in [0, 0.1) is 5.92 Å². The molecule has 1 amide bonds. The molecule has 2 rings (SSSR count). The van der Waals surface area contributed by atoms with Crippen LogP contribution < -0.4 is 5.32 Å². The van der Waals surface area contributed by atoms with Gasteiger partial charge in [-0.25, -0.2) is 0 Å². The Balaban J connectivity index is 1.85. The van der Waals surface area contributed by atoms with E-state index in [2.05, 4.69) is 5.32 Å². The summed E-state index contributed by atoms with van der Waals surface area (Å²) in [5.41, 5.74) is 0. The summed E-state index contributed by atoms with van der Waals surface area (Å²) in [5, 5.41) is 12.5. The standard InChI is InChI=1S/C14H26N2O2/c17-10-9-16(13-3-1-2-4-13)14(18)11-12-5-7-15-8-6-12/h12-13,15,17H,1-11H2. The number of hydrogen-bond acceptors (Lipinski definition) is 3. The van der Waals surface area contributed by atoms with Gasteiger partial charge in [-0.1, -0.05) is 12.8 Å². The van der Waals surface area contributed by atoms with E-state index in [4.69, 9.17) is 5.11 Å². The SMILES string of the molecule is O=C(CC1CCNCC1)N(CCO)C1CCCC1. The van der Waals surface area contributed by atoms with Gasteiger partial charge in [0.2, 0.25) is 5.91 Å². The van der Waals surface area contributed by atoms with E-state index >= 15 is 0 Å². The smallest absolute Gasteiger partial charge is 0.223 e. The molecule has 0 radical (unpaired) electrons. The largest absolute Gasteiger partial charge is 0.395 e. The second-order valence-corrected chi connectivity index (χ2v) is 5.65. The number of aliphatic hydroxyl groups is 1. The summed E-state index contributed by atoms with van der Waals surface area (Å²) in [6.07, 6.45) is 7.61. The van der Waals surface area contributed by atoms with Crippen molar-refractivity contribution < 1.29 is 9.90 Å². The molecule has 4 heteroatoms. The number of piperidine rings is 1. The summed E-state index contributed by atoms with van der Waals surface area (Å²) in [7, 11) is 0. The van der Waals surface area contributed by atoms with E-state index in [0.29, 0.717) is 24.9 Å². The van der Waals surface area contributed by atoms with Crippen LogP contribution in [0.5, 0.6) is 0 Å². The number of nitrogens with zero attached hydrogens (tertiary/aromatic N) is 1. The Morgan fingerprint density at radius 1 is 1.17 bits per heavy atom. The molecule has 1 saturated heterocycles. The highest BCUT2D eigenvalue weighted by molar-refractivity contribution is 5.76. The number of nitrogens with one attached hydrogen (secondary N) is 1. The van der Waals surface area contributed by atoms with Gasteiger partial charge in [0.25, 0.3) is 0 Å². The van der Waals surface area contributed by atoms with E-state index < -0.39 is 0 Å². The van der Waals surface area contributed by atoms with Crippen molar-refractivity contribution in [2.24, 2.45) is 5.92 Å². The molecule has 0 spiro atoms. The zero-order valence-electron chi connectivity index (χ0n) is 11.2. The van der Waals surface area contributed by atoms with Crippen molar-refractivity contribution in [1.29, 1.82) is 0 Å². The Morgan fingerprint density at radius 3 is 2.44 bits per heavy atom. The van der Waals surface area contributed by atoms with Crippen LogP contribution in [0.2, 0.25) is 0 Å². The van der Waals surface area contributed by atoms with E-state index in [1.807, 2.05) is 4.90 Å². The summed E-state index contributed by atoms with van der Waals surface area (Å²) < 4.78 is 0. The number of aliphatic hydroxyl groups excluding tert-OH is 1. The summed E-state index contributed by atoms with van der Waals surface area (Å²) in [5.74, 6) is 0.809. The summed E-state index contributed by atoms with van der Waals surface area (Å²) >= 11 is 0. The van der Waals surface area contributed by atoms with Crippen LogP contribution in [0.15, 0.2) is 0 Å². The van der Waals surface area contributed by atoms with Crippen molar-refractivity contribution in [1.82, 2.24) is 10.2 Å². The number of rotatable bonds is 5. The van der Waals surface area contributed by atoms with Gasteiger partial charge in [-0.2, -0.15) is 0 Å². The van der Waals surface area contributed by atoms with Gasteiger partial charge in [0.1, 0.15) is 0 Å². The van der Waals surface area contributed by atoms with Crippen LogP contribution in [-0.2, 0) is 4.79 Å². The minimum Gasteiger partial charge on any atom is -0.395 e. The lowest BCUT2D eigenvalue weighted by molar-refractivity contribution is -0.135. The van der Waals surface area contributed by atoms with Crippen LogP contribution in [0.1, 0.15) is 44.9 Å². The maximum Gasteiger partial charge on any atom is 0.223 e. The maximum atomic E-state index is 12.4. The zero-order chi connectivity index (χ0) is 12.8. The monoisotopic (exact) mass is 254 g/mol. The van der Waals surface area contributed by atoms with Gasteiger partial charge in [0.05, 0.1) is 6.61 Å². The molecule has 1 aliphatic carbocycles. The first-order valence-corrected chi connectivity index (χ1v) is 7.42. The minimum atomic E-state index is 0.0917. The number of carbonyl (C=O) groups excluding carboxylic acids is 1. The van der Waals surface area contributed by atoms with Gasteiger partial charge in [-0.05, 0) is 44.7 Å². The second kappa shape index (κ2) is 7.10. The van der Waals surface area contributed by atoms with Crippen LogP contribution in [-0.4, -0.2) is 48.2 Å². The second-order valence-electron chi connectivity index (χ2n) is 5.65. The molecule has 0 aromatic rings. The summed E-state index contributed by atoms with van der Waals surface area (Å²) in [6, 6.07) is 0.395. The zero-order valence-corrected chi connectivity index (χ0v) is 11.2. The lowest BCUT2D eigenvalue weighted by atomic mass is 9.94. The molecule has 4 nitrogen and oxygen atoms in total. The molecule has 2 fully saturated rings. The molecule has 0 aromatic carbocycles. The average Bonchev–Trinajstić information content (AvgIpc) is 2.90. The Bertz CT molecular complexity index is 259. The lowest BCUT2D eigenvalue weighted by Gasteiger charge is -2.31. The first-order valence-electron chi connectivity index (χ1n) is 7.42. The topological polar surface area (TPSA) is 52.6 Å². The van der Waals surface area contributed by atoms with E-state index in [0.717, 1.165) is 38.8 Å². The molecule has 0 atom stereocenters. The van der Waals surface area contributed by atoms with Gasteiger partial charge in [0.15, 0.2) is 0 Å². The molecule has 1 aliphatic heterocycles. The molecule has 2 N–H and O–H groups in total. The van der Waals surface area contributed by atoms with Crippen molar-refractivity contribution in [2.75, 3.05) is 26.2 Å². The van der Waals surface area contributed by atoms with Crippen LogP contribution in [0.3, 0.4) is 0 Å². The van der Waals surface area contributed by atoms with Crippen LogP contribution >= 0.6 is 0 Å². The van der Waals surface area contributed by atoms with Gasteiger partial charge in [-0.3, -0.25) is 4.79 Å². The predicted molar refractivity (Wildman–Crippen MR) is 71.3 cm³/mol. The van der Waals surface area contributed by atoms with Crippen molar-refractivity contribution >= 4 is 5.91 Å². The Kier molecular flexibility index (Phi) is 5.45. The Labute approximate surface area is 110 Å². The molecule has 2 aliphatic rings. The fraction of sp³-hybridized carbons (Fsp3) is 0.929. The first-order chi connectivity index (χ1) is 8.81. The Hall–Kier alpha value is -0.610. The minimum absolute atomic E-state index is 0.0917. The van der Waals surface area contributed by atoms with Crippen molar-refractivity contribution in [2.45, 2.75) is 51.0 Å². The highest BCUT2D eigenvalue weighted by Crippen LogP contribution is 2.25. The highest BCUT2D eigenvalue weighted by Gasteiger charge is 2.28. The van der Waals surface area contributed by atoms with Gasteiger partial charge in [0, 0.05) is 19.0 Å². The highest BCUT2D eigenvalue weighted by atomic mass is 16.3. The molecule has 1 heterocycles. The van der Waals surface area contributed by atoms with Gasteiger partial charge in [-0.15, -0.1) is 0 Å². The first kappa shape index (κ1) is 13.8. The molecule has 0 bridgehead atoms. The number of amides is 1. The van der Waals surface area contributed by atoms with Crippen LogP contribution in [0.4, 0.5) is 0 Å². The molecule has 18 heavy (non-hydrogen) atoms. The predicted octanol–water partition coefficient (Wildman–Crippen LogP) is 1.14.